The number of halogens is 1. The van der Waals surface area contributed by atoms with E-state index in [1.165, 1.54) is 24.3 Å². The predicted octanol–water partition coefficient (Wildman–Crippen LogP) is 4.51. The number of nitrogens with one attached hydrogen (secondary N) is 1. The molecule has 2 rings (SSSR count). The zero-order valence-electron chi connectivity index (χ0n) is 14.1. The van der Waals surface area contributed by atoms with Gasteiger partial charge >= 0.3 is 0 Å². The van der Waals surface area contributed by atoms with Crippen molar-refractivity contribution in [2.45, 2.75) is 20.8 Å². The van der Waals surface area contributed by atoms with Crippen LogP contribution < -0.4 is 14.8 Å². The monoisotopic (exact) mass is 331 g/mol. The number of hydrogen-bond acceptors (Lipinski definition) is 3. The van der Waals surface area contributed by atoms with Crippen molar-refractivity contribution >= 4 is 11.6 Å². The number of benzene rings is 2. The van der Waals surface area contributed by atoms with Gasteiger partial charge in [-0.1, -0.05) is 13.8 Å². The molecule has 0 saturated carbocycles. The third kappa shape index (κ3) is 4.98. The number of carbonyl (C=O) groups excluding carboxylic acids is 1. The van der Waals surface area contributed by atoms with E-state index in [-0.39, 0.29) is 11.7 Å². The summed E-state index contributed by atoms with van der Waals surface area (Å²) in [6.45, 7) is 7.04. The van der Waals surface area contributed by atoms with E-state index in [0.29, 0.717) is 41.9 Å². The molecule has 0 aliphatic rings. The van der Waals surface area contributed by atoms with Gasteiger partial charge in [-0.15, -0.1) is 0 Å². The fourth-order valence-electron chi connectivity index (χ4n) is 2.03. The van der Waals surface area contributed by atoms with Crippen LogP contribution >= 0.6 is 0 Å². The molecule has 0 unspecified atom stereocenters. The Morgan fingerprint density at radius 1 is 1.08 bits per heavy atom. The molecule has 2 aromatic rings. The summed E-state index contributed by atoms with van der Waals surface area (Å²) in [6.07, 6.45) is 0. The first kappa shape index (κ1) is 17.8. The third-order valence-electron chi connectivity index (χ3n) is 3.18. The number of rotatable bonds is 7. The molecule has 0 heterocycles. The highest BCUT2D eigenvalue weighted by Gasteiger charge is 2.12. The zero-order valence-corrected chi connectivity index (χ0v) is 14.1. The highest BCUT2D eigenvalue weighted by atomic mass is 19.1. The maximum atomic E-state index is 12.9. The lowest BCUT2D eigenvalue weighted by Crippen LogP contribution is -2.13. The Morgan fingerprint density at radius 2 is 1.79 bits per heavy atom. The molecule has 128 valence electrons. The highest BCUT2D eigenvalue weighted by Crippen LogP contribution is 2.29. The second kappa shape index (κ2) is 8.34. The van der Waals surface area contributed by atoms with E-state index in [2.05, 4.69) is 19.2 Å². The van der Waals surface area contributed by atoms with E-state index in [1.807, 2.05) is 6.92 Å². The first-order valence-corrected chi connectivity index (χ1v) is 7.96. The largest absolute Gasteiger partial charge is 0.490 e. The molecule has 2 aromatic carbocycles. The van der Waals surface area contributed by atoms with Crippen LogP contribution in [0.15, 0.2) is 42.5 Å². The SMILES string of the molecule is CCOc1cc(C(=O)Nc2ccc(F)cc2)ccc1OCC(C)C. The summed E-state index contributed by atoms with van der Waals surface area (Å²) >= 11 is 0. The van der Waals surface area contributed by atoms with Gasteiger partial charge in [0, 0.05) is 11.3 Å². The smallest absolute Gasteiger partial charge is 0.255 e. The summed E-state index contributed by atoms with van der Waals surface area (Å²) in [4.78, 5) is 12.3. The van der Waals surface area contributed by atoms with Gasteiger partial charge < -0.3 is 14.8 Å². The van der Waals surface area contributed by atoms with Crippen LogP contribution in [-0.2, 0) is 0 Å². The Morgan fingerprint density at radius 3 is 2.42 bits per heavy atom. The van der Waals surface area contributed by atoms with Crippen molar-refractivity contribution < 1.29 is 18.7 Å². The van der Waals surface area contributed by atoms with Crippen molar-refractivity contribution in [2.75, 3.05) is 18.5 Å². The van der Waals surface area contributed by atoms with Gasteiger partial charge in [0.2, 0.25) is 0 Å². The van der Waals surface area contributed by atoms with Gasteiger partial charge in [0.1, 0.15) is 5.82 Å². The van der Waals surface area contributed by atoms with Crippen molar-refractivity contribution in [3.8, 4) is 11.5 Å². The first-order chi connectivity index (χ1) is 11.5. The number of amides is 1. The van der Waals surface area contributed by atoms with E-state index in [0.717, 1.165) is 0 Å². The Balaban J connectivity index is 2.15. The summed E-state index contributed by atoms with van der Waals surface area (Å²) in [7, 11) is 0. The lowest BCUT2D eigenvalue weighted by molar-refractivity contribution is 0.102. The molecule has 0 bridgehead atoms. The molecule has 1 N–H and O–H groups in total. The fourth-order valence-corrected chi connectivity index (χ4v) is 2.03. The van der Waals surface area contributed by atoms with Crippen molar-refractivity contribution in [1.29, 1.82) is 0 Å². The van der Waals surface area contributed by atoms with E-state index >= 15 is 0 Å². The Hall–Kier alpha value is -2.56. The van der Waals surface area contributed by atoms with Crippen LogP contribution in [0.4, 0.5) is 10.1 Å². The van der Waals surface area contributed by atoms with Crippen LogP contribution in [-0.4, -0.2) is 19.1 Å². The number of carbonyl (C=O) groups is 1. The number of anilines is 1. The zero-order chi connectivity index (χ0) is 17.5. The van der Waals surface area contributed by atoms with Gasteiger partial charge in [0.25, 0.3) is 5.91 Å². The van der Waals surface area contributed by atoms with Gasteiger partial charge in [0.15, 0.2) is 11.5 Å². The summed E-state index contributed by atoms with van der Waals surface area (Å²) < 4.78 is 24.2. The molecule has 0 aliphatic carbocycles. The average Bonchev–Trinajstić information content (AvgIpc) is 2.56. The minimum absolute atomic E-state index is 0.294. The third-order valence-corrected chi connectivity index (χ3v) is 3.18. The number of ether oxygens (including phenoxy) is 2. The summed E-state index contributed by atoms with van der Waals surface area (Å²) in [5, 5.41) is 2.72. The molecule has 0 atom stereocenters. The molecule has 4 nitrogen and oxygen atoms in total. The molecule has 0 radical (unpaired) electrons. The Kier molecular flexibility index (Phi) is 6.18. The molecule has 24 heavy (non-hydrogen) atoms. The maximum absolute atomic E-state index is 12.9. The molecule has 1 amide bonds. The minimum Gasteiger partial charge on any atom is -0.490 e. The second-order valence-electron chi connectivity index (χ2n) is 5.76. The fraction of sp³-hybridized carbons (Fsp3) is 0.316. The quantitative estimate of drug-likeness (QED) is 0.812. The number of hydrogen-bond donors (Lipinski definition) is 1. The average molecular weight is 331 g/mol. The van der Waals surface area contributed by atoms with Gasteiger partial charge in [-0.25, -0.2) is 4.39 Å². The lowest BCUT2D eigenvalue weighted by atomic mass is 10.1. The first-order valence-electron chi connectivity index (χ1n) is 7.96. The molecule has 0 aliphatic heterocycles. The molecule has 0 fully saturated rings. The predicted molar refractivity (Wildman–Crippen MR) is 92.3 cm³/mol. The lowest BCUT2D eigenvalue weighted by Gasteiger charge is -2.14. The summed E-state index contributed by atoms with van der Waals surface area (Å²) in [6, 6.07) is 10.7. The van der Waals surface area contributed by atoms with Gasteiger partial charge in [-0.3, -0.25) is 4.79 Å². The van der Waals surface area contributed by atoms with Crippen molar-refractivity contribution in [3.63, 3.8) is 0 Å². The van der Waals surface area contributed by atoms with Crippen molar-refractivity contribution in [1.82, 2.24) is 0 Å². The molecular formula is C19H22FNO3. The van der Waals surface area contributed by atoms with E-state index < -0.39 is 0 Å². The molecule has 0 spiro atoms. The Bertz CT molecular complexity index is 684. The maximum Gasteiger partial charge on any atom is 0.255 e. The standard InChI is InChI=1S/C19H22FNO3/c1-4-23-18-11-14(5-10-17(18)24-12-13(2)3)19(22)21-16-8-6-15(20)7-9-16/h5-11,13H,4,12H2,1-3H3,(H,21,22). The van der Waals surface area contributed by atoms with Crippen LogP contribution in [0.25, 0.3) is 0 Å². The van der Waals surface area contributed by atoms with Crippen molar-refractivity contribution in [2.24, 2.45) is 5.92 Å². The minimum atomic E-state index is -0.349. The van der Waals surface area contributed by atoms with Gasteiger partial charge in [-0.05, 0) is 55.3 Å². The highest BCUT2D eigenvalue weighted by molar-refractivity contribution is 6.04. The molecule has 0 aromatic heterocycles. The van der Waals surface area contributed by atoms with E-state index in [4.69, 9.17) is 9.47 Å². The molecular weight excluding hydrogens is 309 g/mol. The summed E-state index contributed by atoms with van der Waals surface area (Å²) in [5.41, 5.74) is 0.971. The summed E-state index contributed by atoms with van der Waals surface area (Å²) in [5.74, 6) is 0.894. The molecule has 0 saturated heterocycles. The van der Waals surface area contributed by atoms with Gasteiger partial charge in [0.05, 0.1) is 13.2 Å². The van der Waals surface area contributed by atoms with Gasteiger partial charge in [-0.2, -0.15) is 0 Å². The van der Waals surface area contributed by atoms with E-state index in [9.17, 15) is 9.18 Å². The van der Waals surface area contributed by atoms with Crippen LogP contribution in [0.2, 0.25) is 0 Å². The molecule has 5 heteroatoms. The topological polar surface area (TPSA) is 47.6 Å². The van der Waals surface area contributed by atoms with E-state index in [1.54, 1.807) is 18.2 Å². The van der Waals surface area contributed by atoms with Crippen LogP contribution in [0.5, 0.6) is 11.5 Å². The van der Waals surface area contributed by atoms with Crippen LogP contribution in [0.1, 0.15) is 31.1 Å². The normalized spacial score (nSPS) is 10.5. The van der Waals surface area contributed by atoms with Crippen LogP contribution in [0.3, 0.4) is 0 Å². The second-order valence-corrected chi connectivity index (χ2v) is 5.76. The van der Waals surface area contributed by atoms with Crippen molar-refractivity contribution in [3.05, 3.63) is 53.8 Å². The Labute approximate surface area is 141 Å². The van der Waals surface area contributed by atoms with Crippen LogP contribution in [0, 0.1) is 11.7 Å².